The van der Waals surface area contributed by atoms with Gasteiger partial charge in [0.2, 0.25) is 0 Å². The smallest absolute Gasteiger partial charge is 0.163 e. The lowest BCUT2D eigenvalue weighted by atomic mass is 10.0. The van der Waals surface area contributed by atoms with Crippen LogP contribution in [0.4, 0.5) is 11.6 Å². The van der Waals surface area contributed by atoms with Crippen molar-refractivity contribution in [2.45, 2.75) is 66.5 Å². The fraction of sp³-hybridized carbons (Fsp3) is 0.625. The van der Waals surface area contributed by atoms with Gasteiger partial charge in [0, 0.05) is 11.1 Å². The second kappa shape index (κ2) is 5.84. The molecular formula is C16H26ClN3O. The molecule has 0 unspecified atom stereocenters. The number of nitrogens with zero attached hydrogens (tertiary/aromatic N) is 1. The third-order valence-electron chi connectivity index (χ3n) is 2.71. The van der Waals surface area contributed by atoms with Crippen molar-refractivity contribution in [3.63, 3.8) is 0 Å². The summed E-state index contributed by atoms with van der Waals surface area (Å²) in [5.74, 6) is 1.12. The molecule has 0 bridgehead atoms. The monoisotopic (exact) mass is 311 g/mol. The first-order valence-corrected chi connectivity index (χ1v) is 7.47. The van der Waals surface area contributed by atoms with Crippen molar-refractivity contribution in [2.24, 2.45) is 0 Å². The van der Waals surface area contributed by atoms with Gasteiger partial charge >= 0.3 is 0 Å². The van der Waals surface area contributed by atoms with Crippen molar-refractivity contribution in [1.82, 2.24) is 4.98 Å². The first-order valence-electron chi connectivity index (χ1n) is 7.09. The highest BCUT2D eigenvalue weighted by atomic mass is 35.5. The van der Waals surface area contributed by atoms with E-state index < -0.39 is 0 Å². The van der Waals surface area contributed by atoms with Gasteiger partial charge in [-0.2, -0.15) is 0 Å². The summed E-state index contributed by atoms with van der Waals surface area (Å²) >= 11 is 6.39. The number of pyridine rings is 1. The van der Waals surface area contributed by atoms with Crippen LogP contribution in [0.5, 0.6) is 0 Å². The van der Waals surface area contributed by atoms with Gasteiger partial charge in [-0.25, -0.2) is 4.98 Å². The molecule has 0 aromatic carbocycles. The molecule has 0 amide bonds. The zero-order valence-electron chi connectivity index (χ0n) is 14.2. The number of halogens is 1. The number of anilines is 2. The number of Topliss-reactive ketones (excluding diaryl/α,β-unsaturated/α-hetero) is 1. The van der Waals surface area contributed by atoms with E-state index in [2.05, 4.69) is 15.6 Å². The molecule has 2 N–H and O–H groups in total. The van der Waals surface area contributed by atoms with Crippen molar-refractivity contribution < 1.29 is 4.79 Å². The summed E-state index contributed by atoms with van der Waals surface area (Å²) in [6.07, 6.45) is 0. The third kappa shape index (κ3) is 4.88. The second-order valence-electron chi connectivity index (χ2n) is 7.43. The molecule has 0 radical (unpaired) electrons. The maximum absolute atomic E-state index is 12.0. The lowest BCUT2D eigenvalue weighted by Crippen LogP contribution is -2.30. The minimum atomic E-state index is -0.198. The van der Waals surface area contributed by atoms with Gasteiger partial charge in [0.1, 0.15) is 11.6 Å². The standard InChI is InChI=1S/C16H26ClN3O/c1-9-11(10(2)21)13(19-15(3,4)5)18-14(12(9)17)20-16(6,7)8/h1-8H3,(H2,18,19,20). The number of aromatic nitrogens is 1. The molecule has 4 nitrogen and oxygen atoms in total. The van der Waals surface area contributed by atoms with E-state index in [1.165, 1.54) is 6.92 Å². The molecule has 0 saturated heterocycles. The molecule has 1 rings (SSSR count). The second-order valence-corrected chi connectivity index (χ2v) is 7.81. The molecule has 0 spiro atoms. The molecule has 0 aliphatic rings. The average Bonchev–Trinajstić information content (AvgIpc) is 2.20. The SMILES string of the molecule is CC(=O)c1c(NC(C)(C)C)nc(NC(C)(C)C)c(Cl)c1C. The molecule has 1 aromatic rings. The average molecular weight is 312 g/mol. The highest BCUT2D eigenvalue weighted by Gasteiger charge is 2.23. The van der Waals surface area contributed by atoms with Crippen molar-refractivity contribution in [3.05, 3.63) is 16.1 Å². The summed E-state index contributed by atoms with van der Waals surface area (Å²) in [7, 11) is 0. The van der Waals surface area contributed by atoms with E-state index in [4.69, 9.17) is 11.6 Å². The lowest BCUT2D eigenvalue weighted by Gasteiger charge is -2.27. The Kier molecular flexibility index (Phi) is 4.94. The van der Waals surface area contributed by atoms with E-state index in [9.17, 15) is 4.79 Å². The molecule has 5 heteroatoms. The topological polar surface area (TPSA) is 54.0 Å². The van der Waals surface area contributed by atoms with Crippen molar-refractivity contribution in [2.75, 3.05) is 10.6 Å². The minimum absolute atomic E-state index is 0.0454. The van der Waals surface area contributed by atoms with Gasteiger partial charge in [-0.05, 0) is 61.0 Å². The van der Waals surface area contributed by atoms with Crippen molar-refractivity contribution >= 4 is 29.0 Å². The Labute approximate surface area is 132 Å². The van der Waals surface area contributed by atoms with Crippen LogP contribution in [0.3, 0.4) is 0 Å². The van der Waals surface area contributed by atoms with Gasteiger partial charge in [0.05, 0.1) is 10.6 Å². The molecule has 0 aliphatic carbocycles. The van der Waals surface area contributed by atoms with E-state index in [-0.39, 0.29) is 16.9 Å². The van der Waals surface area contributed by atoms with E-state index in [1.54, 1.807) is 0 Å². The summed E-state index contributed by atoms with van der Waals surface area (Å²) in [5.41, 5.74) is 0.933. The Balaban J connectivity index is 3.48. The maximum Gasteiger partial charge on any atom is 0.163 e. The molecular weight excluding hydrogens is 286 g/mol. The summed E-state index contributed by atoms with van der Waals surface area (Å²) in [6.45, 7) is 15.6. The Hall–Kier alpha value is -1.29. The van der Waals surface area contributed by atoms with E-state index in [0.29, 0.717) is 22.2 Å². The highest BCUT2D eigenvalue weighted by Crippen LogP contribution is 2.33. The van der Waals surface area contributed by atoms with Crippen LogP contribution < -0.4 is 10.6 Å². The first-order chi connectivity index (χ1) is 9.32. The zero-order chi connectivity index (χ0) is 16.6. The number of hydrogen-bond donors (Lipinski definition) is 2. The third-order valence-corrected chi connectivity index (χ3v) is 3.17. The fourth-order valence-corrected chi connectivity index (χ4v) is 2.18. The van der Waals surface area contributed by atoms with Crippen molar-refractivity contribution in [1.29, 1.82) is 0 Å². The number of carbonyl (C=O) groups excluding carboxylic acids is 1. The van der Waals surface area contributed by atoms with Gasteiger partial charge in [0.15, 0.2) is 5.78 Å². The molecule has 0 aliphatic heterocycles. The number of ketones is 1. The number of nitrogens with one attached hydrogen (secondary N) is 2. The number of hydrogen-bond acceptors (Lipinski definition) is 4. The summed E-state index contributed by atoms with van der Waals surface area (Å²) < 4.78 is 0. The molecule has 21 heavy (non-hydrogen) atoms. The van der Waals surface area contributed by atoms with Crippen LogP contribution >= 0.6 is 11.6 Å². The van der Waals surface area contributed by atoms with Crippen LogP contribution in [0, 0.1) is 6.92 Å². The fourth-order valence-electron chi connectivity index (χ4n) is 2.00. The molecule has 118 valence electrons. The van der Waals surface area contributed by atoms with Gasteiger partial charge in [-0.3, -0.25) is 4.79 Å². The normalized spacial score (nSPS) is 12.2. The van der Waals surface area contributed by atoms with Crippen LogP contribution in [0.2, 0.25) is 5.02 Å². The minimum Gasteiger partial charge on any atom is -0.365 e. The largest absolute Gasteiger partial charge is 0.365 e. The van der Waals surface area contributed by atoms with E-state index in [0.717, 1.165) is 5.56 Å². The van der Waals surface area contributed by atoms with Gasteiger partial charge in [-0.1, -0.05) is 11.6 Å². The quantitative estimate of drug-likeness (QED) is 0.797. The Morgan fingerprint density at radius 2 is 1.43 bits per heavy atom. The predicted octanol–water partition coefficient (Wildman–Crippen LogP) is 4.67. The Morgan fingerprint density at radius 3 is 1.81 bits per heavy atom. The van der Waals surface area contributed by atoms with Crippen LogP contribution in [-0.4, -0.2) is 21.8 Å². The lowest BCUT2D eigenvalue weighted by molar-refractivity contribution is 0.101. The zero-order valence-corrected chi connectivity index (χ0v) is 15.0. The van der Waals surface area contributed by atoms with E-state index >= 15 is 0 Å². The molecule has 0 atom stereocenters. The van der Waals surface area contributed by atoms with Crippen molar-refractivity contribution in [3.8, 4) is 0 Å². The summed E-state index contributed by atoms with van der Waals surface area (Å²) in [4.78, 5) is 16.5. The van der Waals surface area contributed by atoms with E-state index in [1.807, 2.05) is 48.5 Å². The number of rotatable bonds is 3. The van der Waals surface area contributed by atoms with Crippen LogP contribution in [-0.2, 0) is 0 Å². The Morgan fingerprint density at radius 1 is 1.00 bits per heavy atom. The molecule has 0 saturated carbocycles. The van der Waals surface area contributed by atoms with Gasteiger partial charge in [-0.15, -0.1) is 0 Å². The first kappa shape index (κ1) is 17.8. The van der Waals surface area contributed by atoms with Gasteiger partial charge < -0.3 is 10.6 Å². The van der Waals surface area contributed by atoms with Crippen LogP contribution in [0.15, 0.2) is 0 Å². The summed E-state index contributed by atoms with van der Waals surface area (Å²) in [5, 5.41) is 7.08. The summed E-state index contributed by atoms with van der Waals surface area (Å²) in [6, 6.07) is 0. The molecule has 0 fully saturated rings. The maximum atomic E-state index is 12.0. The molecule has 1 heterocycles. The highest BCUT2D eigenvalue weighted by molar-refractivity contribution is 6.34. The van der Waals surface area contributed by atoms with Crippen LogP contribution in [0.25, 0.3) is 0 Å². The van der Waals surface area contributed by atoms with Gasteiger partial charge in [0.25, 0.3) is 0 Å². The Bertz CT molecular complexity index is 554. The predicted molar refractivity (Wildman–Crippen MR) is 90.7 cm³/mol. The molecule has 1 aromatic heterocycles. The number of carbonyl (C=O) groups is 1. The van der Waals surface area contributed by atoms with Crippen LogP contribution in [0.1, 0.15) is 64.4 Å².